The number of rotatable bonds is 8. The number of nitrogens with one attached hydrogen (secondary N) is 3. The Morgan fingerprint density at radius 3 is 2.50 bits per heavy atom. The number of aliphatic hydroxyl groups is 1. The summed E-state index contributed by atoms with van der Waals surface area (Å²) in [6.07, 6.45) is 0. The van der Waals surface area contributed by atoms with E-state index in [1.165, 1.54) is 0 Å². The van der Waals surface area contributed by atoms with Gasteiger partial charge in [0.15, 0.2) is 12.4 Å². The minimum Gasteiger partial charge on any atom is -0.484 e. The largest absolute Gasteiger partial charge is 0.484 e. The number of ether oxygens (including phenoxy) is 2. The molecule has 1 aromatic heterocycles. The molecular formula is C29H33N7O6. The number of anilines is 1. The van der Waals surface area contributed by atoms with Gasteiger partial charge in [-0.15, -0.1) is 0 Å². The second kappa shape index (κ2) is 12.3. The van der Waals surface area contributed by atoms with E-state index in [9.17, 15) is 14.4 Å². The molecule has 0 radical (unpaired) electrons. The van der Waals surface area contributed by atoms with Gasteiger partial charge in [0.1, 0.15) is 11.4 Å². The number of amides is 3. The zero-order valence-corrected chi connectivity index (χ0v) is 23.1. The number of morpholine rings is 1. The highest BCUT2D eigenvalue weighted by Gasteiger charge is 2.35. The lowest BCUT2D eigenvalue weighted by Crippen LogP contribution is -2.50. The van der Waals surface area contributed by atoms with Crippen molar-refractivity contribution in [2.45, 2.75) is 0 Å². The summed E-state index contributed by atoms with van der Waals surface area (Å²) >= 11 is 0. The van der Waals surface area contributed by atoms with Crippen molar-refractivity contribution in [3.8, 4) is 28.3 Å². The molecule has 2 aromatic carbocycles. The third-order valence-electron chi connectivity index (χ3n) is 7.70. The van der Waals surface area contributed by atoms with E-state index in [4.69, 9.17) is 14.6 Å². The van der Waals surface area contributed by atoms with Gasteiger partial charge < -0.3 is 24.8 Å². The Hall–Kier alpha value is -4.30. The monoisotopic (exact) mass is 575 g/mol. The summed E-state index contributed by atoms with van der Waals surface area (Å²) in [5.74, 6) is 0.223. The molecule has 42 heavy (non-hydrogen) atoms. The lowest BCUT2D eigenvalue weighted by molar-refractivity contribution is -0.135. The average Bonchev–Trinajstić information content (AvgIpc) is 3.57. The second-order valence-corrected chi connectivity index (χ2v) is 10.3. The lowest BCUT2D eigenvalue weighted by Gasteiger charge is -2.34. The topological polar surface area (TPSA) is 152 Å². The first kappa shape index (κ1) is 27.8. The molecule has 13 heteroatoms. The normalized spacial score (nSPS) is 17.1. The third-order valence-corrected chi connectivity index (χ3v) is 7.70. The van der Waals surface area contributed by atoms with Crippen molar-refractivity contribution >= 4 is 23.4 Å². The van der Waals surface area contributed by atoms with E-state index in [-0.39, 0.29) is 24.9 Å². The van der Waals surface area contributed by atoms with Gasteiger partial charge in [-0.3, -0.25) is 25.0 Å². The first-order valence-corrected chi connectivity index (χ1v) is 14.0. The molecule has 0 saturated carbocycles. The number of benzene rings is 2. The molecule has 6 rings (SSSR count). The van der Waals surface area contributed by atoms with Crippen LogP contribution in [0.5, 0.6) is 5.75 Å². The van der Waals surface area contributed by atoms with Gasteiger partial charge in [-0.05, 0) is 30.3 Å². The fourth-order valence-electron chi connectivity index (χ4n) is 5.48. The summed E-state index contributed by atoms with van der Waals surface area (Å²) < 4.78 is 11.1. The average molecular weight is 576 g/mol. The van der Waals surface area contributed by atoms with E-state index in [1.54, 1.807) is 46.3 Å². The highest BCUT2D eigenvalue weighted by molar-refractivity contribution is 6.26. The third kappa shape index (κ3) is 5.72. The number of aromatic amines is 1. The molecule has 2 saturated heterocycles. The van der Waals surface area contributed by atoms with Gasteiger partial charge in [0.2, 0.25) is 0 Å². The van der Waals surface area contributed by atoms with Gasteiger partial charge in [0.05, 0.1) is 42.3 Å². The Morgan fingerprint density at radius 1 is 1.00 bits per heavy atom. The zero-order chi connectivity index (χ0) is 29.1. The number of aromatic nitrogens is 2. The molecule has 13 nitrogen and oxygen atoms in total. The first-order valence-electron chi connectivity index (χ1n) is 14.0. The molecule has 1 aliphatic carbocycles. The quantitative estimate of drug-likeness (QED) is 0.243. The van der Waals surface area contributed by atoms with E-state index in [0.717, 1.165) is 13.1 Å². The Balaban J connectivity index is 1.10. The minimum absolute atomic E-state index is 0.0696. The van der Waals surface area contributed by atoms with E-state index in [2.05, 4.69) is 25.8 Å². The molecule has 0 bridgehead atoms. The van der Waals surface area contributed by atoms with Crippen molar-refractivity contribution < 1.29 is 29.0 Å². The van der Waals surface area contributed by atoms with Crippen LogP contribution in [0.25, 0.3) is 22.5 Å². The van der Waals surface area contributed by atoms with Crippen LogP contribution in [0.4, 0.5) is 10.5 Å². The standard InChI is InChI=1S/C29H33N7O6/c37-15-12-34-8-10-35(11-9-34)23(38)18-42-20-6-4-19(5-7-20)26-25-27(32-31-26)21-2-1-3-22(24(21)28(25)39)30-29(40)33-36-13-16-41-17-14-36/h1-7,37H,8-18H2,(H,31,32)(H2,30,33,40). The Labute approximate surface area is 242 Å². The van der Waals surface area contributed by atoms with Crippen LogP contribution in [0, 0.1) is 0 Å². The number of β-amino-alcohol motifs (C(OH)–C–C–N with tert-alkyl or cyclic N) is 1. The SMILES string of the molecule is O=C(Nc1cccc2c1C(=O)c1c(-c3ccc(OCC(=O)N4CCN(CCO)CC4)cc3)n[nH]c1-2)NN1CCOCC1. The summed E-state index contributed by atoms with van der Waals surface area (Å²) in [6.45, 7) is 5.60. The first-order chi connectivity index (χ1) is 20.5. The Morgan fingerprint density at radius 2 is 1.76 bits per heavy atom. The number of hydrogen-bond acceptors (Lipinski definition) is 9. The number of nitrogens with zero attached hydrogens (tertiary/aromatic N) is 4. The smallest absolute Gasteiger partial charge is 0.333 e. The van der Waals surface area contributed by atoms with Crippen molar-refractivity contribution in [1.82, 2.24) is 30.4 Å². The minimum atomic E-state index is -0.426. The van der Waals surface area contributed by atoms with Crippen LogP contribution >= 0.6 is 0 Å². The molecule has 3 aliphatic rings. The maximum atomic E-state index is 13.6. The highest BCUT2D eigenvalue weighted by Crippen LogP contribution is 2.43. The van der Waals surface area contributed by atoms with E-state index in [1.807, 2.05) is 6.07 Å². The number of fused-ring (bicyclic) bond motifs is 3. The van der Waals surface area contributed by atoms with E-state index >= 15 is 0 Å². The number of hydrogen-bond donors (Lipinski definition) is 4. The molecule has 3 heterocycles. The number of piperazine rings is 1. The number of ketones is 1. The maximum Gasteiger partial charge on any atom is 0.333 e. The molecule has 2 aliphatic heterocycles. The van der Waals surface area contributed by atoms with E-state index < -0.39 is 6.03 Å². The van der Waals surface area contributed by atoms with Crippen LogP contribution in [-0.4, -0.2) is 120 Å². The van der Waals surface area contributed by atoms with Gasteiger partial charge in [-0.1, -0.05) is 12.1 Å². The van der Waals surface area contributed by atoms with Gasteiger partial charge in [0, 0.05) is 56.9 Å². The number of carbonyl (C=O) groups is 3. The Bertz CT molecular complexity index is 1460. The number of H-pyrrole nitrogens is 1. The number of hydrazine groups is 1. The maximum absolute atomic E-state index is 13.6. The number of urea groups is 1. The predicted molar refractivity (Wildman–Crippen MR) is 153 cm³/mol. The zero-order valence-electron chi connectivity index (χ0n) is 23.1. The fraction of sp³-hybridized carbons (Fsp3) is 0.379. The summed E-state index contributed by atoms with van der Waals surface area (Å²) in [4.78, 5) is 42.8. The van der Waals surface area contributed by atoms with Gasteiger partial charge >= 0.3 is 6.03 Å². The second-order valence-electron chi connectivity index (χ2n) is 10.3. The van der Waals surface area contributed by atoms with Crippen LogP contribution in [0.1, 0.15) is 15.9 Å². The summed E-state index contributed by atoms with van der Waals surface area (Å²) in [5, 5.41) is 21.1. The number of carbonyl (C=O) groups excluding carboxylic acids is 3. The summed E-state index contributed by atoms with van der Waals surface area (Å²) in [5.41, 5.74) is 6.56. The van der Waals surface area contributed by atoms with Crippen LogP contribution < -0.4 is 15.5 Å². The van der Waals surface area contributed by atoms with Crippen LogP contribution in [0.3, 0.4) is 0 Å². The molecule has 3 aromatic rings. The summed E-state index contributed by atoms with van der Waals surface area (Å²) in [7, 11) is 0. The molecule has 3 amide bonds. The molecule has 0 spiro atoms. The molecule has 4 N–H and O–H groups in total. The van der Waals surface area contributed by atoms with Crippen molar-refractivity contribution in [3.63, 3.8) is 0 Å². The molecule has 220 valence electrons. The van der Waals surface area contributed by atoms with Gasteiger partial charge in [-0.25, -0.2) is 9.80 Å². The molecule has 0 unspecified atom stereocenters. The van der Waals surface area contributed by atoms with E-state index in [0.29, 0.717) is 91.0 Å². The van der Waals surface area contributed by atoms with Gasteiger partial charge in [0.25, 0.3) is 5.91 Å². The van der Waals surface area contributed by atoms with Crippen molar-refractivity contribution in [2.24, 2.45) is 0 Å². The lowest BCUT2D eigenvalue weighted by atomic mass is 10.0. The van der Waals surface area contributed by atoms with Crippen LogP contribution in [-0.2, 0) is 9.53 Å². The fourth-order valence-corrected chi connectivity index (χ4v) is 5.48. The predicted octanol–water partition coefficient (Wildman–Crippen LogP) is 1.17. The van der Waals surface area contributed by atoms with Crippen molar-refractivity contribution in [1.29, 1.82) is 0 Å². The van der Waals surface area contributed by atoms with Crippen molar-refractivity contribution in [2.75, 3.05) is 77.6 Å². The summed E-state index contributed by atoms with van der Waals surface area (Å²) in [6, 6.07) is 12.0. The molecule has 2 fully saturated rings. The van der Waals surface area contributed by atoms with Crippen LogP contribution in [0.2, 0.25) is 0 Å². The molecular weight excluding hydrogens is 542 g/mol. The van der Waals surface area contributed by atoms with Crippen molar-refractivity contribution in [3.05, 3.63) is 53.6 Å². The number of aliphatic hydroxyl groups excluding tert-OH is 1. The Kier molecular flexibility index (Phi) is 8.15. The molecule has 0 atom stereocenters. The highest BCUT2D eigenvalue weighted by atomic mass is 16.5. The van der Waals surface area contributed by atoms with Gasteiger partial charge in [-0.2, -0.15) is 5.10 Å². The van der Waals surface area contributed by atoms with Crippen LogP contribution in [0.15, 0.2) is 42.5 Å².